The number of aliphatic hydroxyl groups excluding tert-OH is 1. The van der Waals surface area contributed by atoms with E-state index in [1.165, 1.54) is 0 Å². The number of carbonyl (C=O) groups is 1. The molecule has 7 nitrogen and oxygen atoms in total. The summed E-state index contributed by atoms with van der Waals surface area (Å²) in [5, 5.41) is 16.7. The van der Waals surface area contributed by atoms with Crippen LogP contribution in [0.4, 0.5) is 10.6 Å². The topological polar surface area (TPSA) is 73.6 Å². The maximum absolute atomic E-state index is 12.4. The molecule has 1 atom stereocenters. The Morgan fingerprint density at radius 1 is 1.35 bits per heavy atom. The van der Waals surface area contributed by atoms with E-state index in [2.05, 4.69) is 29.2 Å². The van der Waals surface area contributed by atoms with Crippen LogP contribution < -0.4 is 5.32 Å². The molecule has 2 rings (SSSR count). The Morgan fingerprint density at radius 3 is 2.61 bits per heavy atom. The summed E-state index contributed by atoms with van der Waals surface area (Å²) in [6.07, 6.45) is 2.88. The van der Waals surface area contributed by atoms with Crippen LogP contribution in [0.3, 0.4) is 0 Å². The molecule has 1 saturated heterocycles. The molecule has 1 fully saturated rings. The van der Waals surface area contributed by atoms with Crippen LogP contribution in [0.1, 0.15) is 32.4 Å². The van der Waals surface area contributed by atoms with Crippen LogP contribution in [0, 0.1) is 0 Å². The Kier molecular flexibility index (Phi) is 6.41. The lowest BCUT2D eigenvalue weighted by Gasteiger charge is -2.38. The van der Waals surface area contributed by atoms with E-state index in [9.17, 15) is 9.90 Å². The standard InChI is InChI=1S/C16H29N5O2/c1-4-6-13-11-15(19(3)18-13)17-16(23)21-9-7-20(8-10-21)14(5-2)12-22/h11,14,22H,4-10,12H2,1-3H3,(H,17,23). The van der Waals surface area contributed by atoms with Gasteiger partial charge in [-0.05, 0) is 12.8 Å². The number of aliphatic hydroxyl groups is 1. The van der Waals surface area contributed by atoms with Crippen molar-refractivity contribution in [3.63, 3.8) is 0 Å². The molecule has 130 valence electrons. The first-order chi connectivity index (χ1) is 11.1. The number of hydrogen-bond donors (Lipinski definition) is 2. The molecule has 0 radical (unpaired) electrons. The van der Waals surface area contributed by atoms with Crippen LogP contribution in [0.5, 0.6) is 0 Å². The lowest BCUT2D eigenvalue weighted by Crippen LogP contribution is -2.53. The van der Waals surface area contributed by atoms with E-state index in [1.807, 2.05) is 18.0 Å². The number of piperazine rings is 1. The Bertz CT molecular complexity index is 505. The van der Waals surface area contributed by atoms with Crippen LogP contribution in [0.15, 0.2) is 6.07 Å². The first-order valence-corrected chi connectivity index (χ1v) is 8.52. The Hall–Kier alpha value is -1.60. The fourth-order valence-electron chi connectivity index (χ4n) is 3.00. The summed E-state index contributed by atoms with van der Waals surface area (Å²) in [5.41, 5.74) is 1.00. The summed E-state index contributed by atoms with van der Waals surface area (Å²) in [6, 6.07) is 2.07. The van der Waals surface area contributed by atoms with Crippen LogP contribution >= 0.6 is 0 Å². The van der Waals surface area contributed by atoms with Gasteiger partial charge in [-0.2, -0.15) is 5.10 Å². The fraction of sp³-hybridized carbons (Fsp3) is 0.750. The third-order valence-electron chi connectivity index (χ3n) is 4.47. The van der Waals surface area contributed by atoms with Crippen LogP contribution in [-0.4, -0.2) is 69.5 Å². The second kappa shape index (κ2) is 8.31. The average Bonchev–Trinajstić information content (AvgIpc) is 2.89. The van der Waals surface area contributed by atoms with E-state index in [0.717, 1.165) is 43.9 Å². The van der Waals surface area contributed by atoms with Gasteiger partial charge in [0.2, 0.25) is 0 Å². The number of aromatic nitrogens is 2. The van der Waals surface area contributed by atoms with Gasteiger partial charge in [-0.3, -0.25) is 14.9 Å². The molecule has 0 aliphatic carbocycles. The molecular formula is C16H29N5O2. The molecule has 1 unspecified atom stereocenters. The predicted octanol–water partition coefficient (Wildman–Crippen LogP) is 1.29. The molecular weight excluding hydrogens is 294 g/mol. The smallest absolute Gasteiger partial charge is 0.323 e. The van der Waals surface area contributed by atoms with E-state index in [1.54, 1.807) is 4.68 Å². The van der Waals surface area contributed by atoms with Gasteiger partial charge in [0.15, 0.2) is 0 Å². The van der Waals surface area contributed by atoms with Gasteiger partial charge in [0.25, 0.3) is 0 Å². The van der Waals surface area contributed by atoms with Crippen molar-refractivity contribution in [2.45, 2.75) is 39.2 Å². The molecule has 0 spiro atoms. The number of aryl methyl sites for hydroxylation is 2. The number of anilines is 1. The molecule has 2 heterocycles. The van der Waals surface area contributed by atoms with Crippen molar-refractivity contribution in [3.05, 3.63) is 11.8 Å². The number of hydrogen-bond acceptors (Lipinski definition) is 4. The molecule has 1 aliphatic heterocycles. The van der Waals surface area contributed by atoms with E-state index >= 15 is 0 Å². The zero-order chi connectivity index (χ0) is 16.8. The summed E-state index contributed by atoms with van der Waals surface area (Å²) in [4.78, 5) is 16.5. The molecule has 7 heteroatoms. The molecule has 0 bridgehead atoms. The summed E-state index contributed by atoms with van der Waals surface area (Å²) in [5.74, 6) is 0.739. The quantitative estimate of drug-likeness (QED) is 0.827. The second-order valence-electron chi connectivity index (χ2n) is 6.09. The Labute approximate surface area is 138 Å². The van der Waals surface area contributed by atoms with Gasteiger partial charge < -0.3 is 10.0 Å². The fourth-order valence-corrected chi connectivity index (χ4v) is 3.00. The SMILES string of the molecule is CCCc1cc(NC(=O)N2CCN(C(CC)CO)CC2)n(C)n1. The summed E-state index contributed by atoms with van der Waals surface area (Å²) >= 11 is 0. The third-order valence-corrected chi connectivity index (χ3v) is 4.47. The van der Waals surface area contributed by atoms with Gasteiger partial charge in [-0.15, -0.1) is 0 Å². The van der Waals surface area contributed by atoms with Gasteiger partial charge in [-0.25, -0.2) is 4.79 Å². The number of urea groups is 1. The number of nitrogens with one attached hydrogen (secondary N) is 1. The van der Waals surface area contributed by atoms with E-state index in [0.29, 0.717) is 13.1 Å². The molecule has 1 aliphatic rings. The minimum absolute atomic E-state index is 0.0762. The number of amides is 2. The van der Waals surface area contributed by atoms with Crippen LogP contribution in [0.25, 0.3) is 0 Å². The maximum Gasteiger partial charge on any atom is 0.323 e. The lowest BCUT2D eigenvalue weighted by molar-refractivity contribution is 0.0765. The first-order valence-electron chi connectivity index (χ1n) is 8.52. The molecule has 2 amide bonds. The highest BCUT2D eigenvalue weighted by Gasteiger charge is 2.25. The van der Waals surface area contributed by atoms with E-state index in [-0.39, 0.29) is 18.7 Å². The largest absolute Gasteiger partial charge is 0.395 e. The Morgan fingerprint density at radius 2 is 2.04 bits per heavy atom. The van der Waals surface area contributed by atoms with Crippen molar-refractivity contribution in [1.29, 1.82) is 0 Å². The van der Waals surface area contributed by atoms with Crippen molar-refractivity contribution >= 4 is 11.8 Å². The highest BCUT2D eigenvalue weighted by molar-refractivity contribution is 5.88. The zero-order valence-electron chi connectivity index (χ0n) is 14.5. The van der Waals surface area contributed by atoms with Gasteiger partial charge in [0, 0.05) is 45.3 Å². The van der Waals surface area contributed by atoms with Crippen molar-refractivity contribution in [2.24, 2.45) is 7.05 Å². The molecule has 0 saturated carbocycles. The monoisotopic (exact) mass is 323 g/mol. The Balaban J connectivity index is 1.88. The van der Waals surface area contributed by atoms with Gasteiger partial charge in [-0.1, -0.05) is 20.3 Å². The molecule has 23 heavy (non-hydrogen) atoms. The van der Waals surface area contributed by atoms with Gasteiger partial charge >= 0.3 is 6.03 Å². The van der Waals surface area contributed by atoms with Crippen LogP contribution in [-0.2, 0) is 13.5 Å². The highest BCUT2D eigenvalue weighted by Crippen LogP contribution is 2.13. The van der Waals surface area contributed by atoms with Crippen molar-refractivity contribution < 1.29 is 9.90 Å². The predicted molar refractivity (Wildman–Crippen MR) is 90.5 cm³/mol. The number of carbonyl (C=O) groups excluding carboxylic acids is 1. The van der Waals surface area contributed by atoms with Crippen molar-refractivity contribution in [2.75, 3.05) is 38.1 Å². The van der Waals surface area contributed by atoms with Gasteiger partial charge in [0.1, 0.15) is 5.82 Å². The first kappa shape index (κ1) is 17.7. The molecule has 1 aromatic heterocycles. The van der Waals surface area contributed by atoms with Crippen molar-refractivity contribution in [1.82, 2.24) is 19.6 Å². The minimum atomic E-state index is -0.0762. The maximum atomic E-state index is 12.4. The summed E-state index contributed by atoms with van der Waals surface area (Å²) in [7, 11) is 1.85. The lowest BCUT2D eigenvalue weighted by atomic mass is 10.2. The van der Waals surface area contributed by atoms with Gasteiger partial charge in [0.05, 0.1) is 12.3 Å². The molecule has 0 aromatic carbocycles. The van der Waals surface area contributed by atoms with E-state index in [4.69, 9.17) is 0 Å². The molecule has 2 N–H and O–H groups in total. The second-order valence-corrected chi connectivity index (χ2v) is 6.09. The summed E-state index contributed by atoms with van der Waals surface area (Å²) in [6.45, 7) is 7.35. The third kappa shape index (κ3) is 4.45. The van der Waals surface area contributed by atoms with E-state index < -0.39 is 0 Å². The normalized spacial score (nSPS) is 17.3. The van der Waals surface area contributed by atoms with Crippen molar-refractivity contribution in [3.8, 4) is 0 Å². The number of nitrogens with zero attached hydrogens (tertiary/aromatic N) is 4. The average molecular weight is 323 g/mol. The zero-order valence-corrected chi connectivity index (χ0v) is 14.5. The number of rotatable bonds is 6. The molecule has 1 aromatic rings. The highest BCUT2D eigenvalue weighted by atomic mass is 16.3. The minimum Gasteiger partial charge on any atom is -0.395 e. The summed E-state index contributed by atoms with van der Waals surface area (Å²) < 4.78 is 1.72. The van der Waals surface area contributed by atoms with Crippen LogP contribution in [0.2, 0.25) is 0 Å².